The van der Waals surface area contributed by atoms with Crippen molar-refractivity contribution in [2.45, 2.75) is 57.3 Å². The molecule has 1 aromatic carbocycles. The predicted octanol–water partition coefficient (Wildman–Crippen LogP) is 2.84. The Labute approximate surface area is 169 Å². The third kappa shape index (κ3) is 5.50. The highest BCUT2D eigenvalue weighted by atomic mass is 19.4. The van der Waals surface area contributed by atoms with Gasteiger partial charge in [0.15, 0.2) is 0 Å². The molecule has 8 heteroatoms. The number of nitrogens with one attached hydrogen (secondary N) is 1. The van der Waals surface area contributed by atoms with E-state index in [0.29, 0.717) is 6.42 Å². The van der Waals surface area contributed by atoms with Crippen molar-refractivity contribution in [2.75, 3.05) is 26.7 Å². The second kappa shape index (κ2) is 8.73. The number of carbonyl (C=O) groups is 2. The van der Waals surface area contributed by atoms with E-state index in [1.165, 1.54) is 28.9 Å². The molecule has 1 N–H and O–H groups in total. The summed E-state index contributed by atoms with van der Waals surface area (Å²) in [4.78, 5) is 27.0. The summed E-state index contributed by atoms with van der Waals surface area (Å²) in [5, 5.41) is 2.94. The fraction of sp³-hybridized carbons (Fsp3) is 0.619. The molecule has 0 radical (unpaired) electrons. The molecule has 0 saturated carbocycles. The van der Waals surface area contributed by atoms with Crippen molar-refractivity contribution < 1.29 is 22.8 Å². The van der Waals surface area contributed by atoms with Crippen molar-refractivity contribution in [3.63, 3.8) is 0 Å². The predicted molar refractivity (Wildman–Crippen MR) is 103 cm³/mol. The third-order valence-corrected chi connectivity index (χ3v) is 5.81. The molecule has 2 aliphatic rings. The number of nitrogens with zero attached hydrogens (tertiary/aromatic N) is 2. The van der Waals surface area contributed by atoms with Crippen LogP contribution < -0.4 is 5.32 Å². The molecule has 3 rings (SSSR count). The normalized spacial score (nSPS) is 20.7. The average molecular weight is 411 g/mol. The van der Waals surface area contributed by atoms with Gasteiger partial charge in [0.05, 0.1) is 18.6 Å². The van der Waals surface area contributed by atoms with E-state index >= 15 is 0 Å². The van der Waals surface area contributed by atoms with Crippen LogP contribution in [0.25, 0.3) is 0 Å². The lowest BCUT2D eigenvalue weighted by molar-refractivity contribution is -0.159. The summed E-state index contributed by atoms with van der Waals surface area (Å²) < 4.78 is 37.7. The molecule has 2 amide bonds. The summed E-state index contributed by atoms with van der Waals surface area (Å²) in [5.41, 5.74) is 3.75. The number of fused-ring (bicyclic) bond motifs is 1. The van der Waals surface area contributed by atoms with E-state index in [0.717, 1.165) is 23.3 Å². The zero-order chi connectivity index (χ0) is 21.2. The summed E-state index contributed by atoms with van der Waals surface area (Å²) in [6.07, 6.45) is 0.435. The molecule has 5 nitrogen and oxygen atoms in total. The van der Waals surface area contributed by atoms with Crippen LogP contribution in [0.4, 0.5) is 13.2 Å². The number of alkyl halides is 3. The topological polar surface area (TPSA) is 52.7 Å². The lowest BCUT2D eigenvalue weighted by atomic mass is 9.89. The van der Waals surface area contributed by atoms with Gasteiger partial charge in [0, 0.05) is 6.54 Å². The number of carbonyl (C=O) groups excluding carboxylic acids is 2. The van der Waals surface area contributed by atoms with Crippen molar-refractivity contribution in [1.82, 2.24) is 15.1 Å². The van der Waals surface area contributed by atoms with Crippen molar-refractivity contribution in [3.05, 3.63) is 34.9 Å². The molecule has 160 valence electrons. The molecule has 0 bridgehead atoms. The zero-order valence-corrected chi connectivity index (χ0v) is 16.9. The zero-order valence-electron chi connectivity index (χ0n) is 16.9. The minimum atomic E-state index is -4.41. The van der Waals surface area contributed by atoms with E-state index in [1.807, 2.05) is 13.0 Å². The van der Waals surface area contributed by atoms with Crippen LogP contribution in [0.15, 0.2) is 18.2 Å². The van der Waals surface area contributed by atoms with Gasteiger partial charge < -0.3 is 10.2 Å². The fourth-order valence-corrected chi connectivity index (χ4v) is 4.23. The number of likely N-dealkylation sites (tertiary alicyclic amines) is 1. The Morgan fingerprint density at radius 1 is 1.28 bits per heavy atom. The summed E-state index contributed by atoms with van der Waals surface area (Å²) in [7, 11) is 1.60. The maximum atomic E-state index is 12.6. The minimum absolute atomic E-state index is 0.0362. The molecular weight excluding hydrogens is 383 g/mol. The van der Waals surface area contributed by atoms with Crippen LogP contribution in [0.1, 0.15) is 48.9 Å². The van der Waals surface area contributed by atoms with Gasteiger partial charge in [-0.3, -0.25) is 14.5 Å². The number of hydrogen-bond acceptors (Lipinski definition) is 3. The molecule has 2 atom stereocenters. The lowest BCUT2D eigenvalue weighted by Crippen LogP contribution is -2.46. The average Bonchev–Trinajstić information content (AvgIpc) is 3.00. The molecule has 29 heavy (non-hydrogen) atoms. The lowest BCUT2D eigenvalue weighted by Gasteiger charge is -2.25. The van der Waals surface area contributed by atoms with E-state index in [4.69, 9.17) is 0 Å². The summed E-state index contributed by atoms with van der Waals surface area (Å²) in [6.45, 7) is 0.692. The standard InChI is InChI=1S/C21H28F3N3O2/c1-14(16-8-7-15-5-3-4-6-17(15)11-16)25-19(28)12-26(2)18-9-10-27(20(18)29)13-21(22,23)24/h7-8,11,14,18H,3-6,9-10,12-13H2,1-2H3,(H,25,28). The van der Waals surface area contributed by atoms with Gasteiger partial charge in [0.25, 0.3) is 0 Å². The SMILES string of the molecule is CC(NC(=O)CN(C)C1CCN(CC(F)(F)F)C1=O)c1ccc2c(c1)CCCC2. The number of halogens is 3. The molecule has 1 heterocycles. The number of aryl methyl sites for hydroxylation is 2. The van der Waals surface area contributed by atoms with Crippen LogP contribution >= 0.6 is 0 Å². The Hall–Kier alpha value is -2.09. The van der Waals surface area contributed by atoms with Crippen molar-refractivity contribution >= 4 is 11.8 Å². The Kier molecular flexibility index (Phi) is 6.51. The highest BCUT2D eigenvalue weighted by Crippen LogP contribution is 2.25. The van der Waals surface area contributed by atoms with Gasteiger partial charge in [-0.05, 0) is 62.8 Å². The van der Waals surface area contributed by atoms with Crippen LogP contribution in [0, 0.1) is 0 Å². The number of benzene rings is 1. The van der Waals surface area contributed by atoms with Crippen LogP contribution in [-0.4, -0.2) is 60.5 Å². The third-order valence-electron chi connectivity index (χ3n) is 5.81. The molecule has 1 saturated heterocycles. The maximum Gasteiger partial charge on any atom is 0.406 e. The molecule has 1 fully saturated rings. The van der Waals surface area contributed by atoms with Crippen LogP contribution in [0.2, 0.25) is 0 Å². The second-order valence-corrected chi connectivity index (χ2v) is 8.12. The molecule has 2 unspecified atom stereocenters. The Morgan fingerprint density at radius 3 is 2.66 bits per heavy atom. The van der Waals surface area contributed by atoms with Gasteiger partial charge in [-0.2, -0.15) is 13.2 Å². The molecule has 1 aliphatic heterocycles. The van der Waals surface area contributed by atoms with Crippen molar-refractivity contribution in [2.24, 2.45) is 0 Å². The Morgan fingerprint density at radius 2 is 1.97 bits per heavy atom. The van der Waals surface area contributed by atoms with Crippen molar-refractivity contribution in [1.29, 1.82) is 0 Å². The largest absolute Gasteiger partial charge is 0.406 e. The summed E-state index contributed by atoms with van der Waals surface area (Å²) >= 11 is 0. The first-order valence-corrected chi connectivity index (χ1v) is 10.1. The van der Waals surface area contributed by atoms with Crippen LogP contribution in [0.5, 0.6) is 0 Å². The highest BCUT2D eigenvalue weighted by Gasteiger charge is 2.40. The number of amides is 2. The summed E-state index contributed by atoms with van der Waals surface area (Å²) in [5.74, 6) is -0.819. The Bertz CT molecular complexity index is 766. The van der Waals surface area contributed by atoms with Crippen LogP contribution in [0.3, 0.4) is 0 Å². The monoisotopic (exact) mass is 411 g/mol. The van der Waals surface area contributed by atoms with E-state index in [1.54, 1.807) is 7.05 Å². The first-order valence-electron chi connectivity index (χ1n) is 10.1. The number of hydrogen-bond donors (Lipinski definition) is 1. The van der Waals surface area contributed by atoms with Gasteiger partial charge >= 0.3 is 6.18 Å². The van der Waals surface area contributed by atoms with Gasteiger partial charge in [-0.25, -0.2) is 0 Å². The summed E-state index contributed by atoms with van der Waals surface area (Å²) in [6, 6.07) is 5.45. The van der Waals surface area contributed by atoms with E-state index in [2.05, 4.69) is 17.4 Å². The number of rotatable bonds is 6. The molecule has 0 aromatic heterocycles. The van der Waals surface area contributed by atoms with Gasteiger partial charge in [0.1, 0.15) is 6.54 Å². The Balaban J connectivity index is 1.53. The molecular formula is C21H28F3N3O2. The van der Waals surface area contributed by atoms with E-state index in [9.17, 15) is 22.8 Å². The van der Waals surface area contributed by atoms with Gasteiger partial charge in [0.2, 0.25) is 11.8 Å². The quantitative estimate of drug-likeness (QED) is 0.783. The van der Waals surface area contributed by atoms with Gasteiger partial charge in [-0.1, -0.05) is 18.2 Å². The molecule has 1 aliphatic carbocycles. The van der Waals surface area contributed by atoms with Gasteiger partial charge in [-0.15, -0.1) is 0 Å². The second-order valence-electron chi connectivity index (χ2n) is 8.12. The number of likely N-dealkylation sites (N-methyl/N-ethyl adjacent to an activating group) is 1. The first kappa shape index (κ1) is 21.6. The van der Waals surface area contributed by atoms with Crippen molar-refractivity contribution in [3.8, 4) is 0 Å². The van der Waals surface area contributed by atoms with E-state index in [-0.39, 0.29) is 25.0 Å². The first-order chi connectivity index (χ1) is 13.6. The molecule has 0 spiro atoms. The minimum Gasteiger partial charge on any atom is -0.348 e. The highest BCUT2D eigenvalue weighted by molar-refractivity contribution is 5.85. The maximum absolute atomic E-state index is 12.6. The van der Waals surface area contributed by atoms with E-state index < -0.39 is 24.7 Å². The van der Waals surface area contributed by atoms with Crippen LogP contribution in [-0.2, 0) is 22.4 Å². The fourth-order valence-electron chi connectivity index (χ4n) is 4.23. The smallest absolute Gasteiger partial charge is 0.348 e. The molecule has 1 aromatic rings.